The van der Waals surface area contributed by atoms with Crippen molar-refractivity contribution >= 4 is 10.0 Å². The van der Waals surface area contributed by atoms with Crippen LogP contribution >= 0.6 is 0 Å². The Bertz CT molecular complexity index is 398. The van der Waals surface area contributed by atoms with E-state index in [0.29, 0.717) is 18.9 Å². The average molecular weight is 218 g/mol. The molecule has 0 atom stereocenters. The van der Waals surface area contributed by atoms with Crippen molar-refractivity contribution < 1.29 is 8.42 Å². The topological polar surface area (TPSA) is 92.1 Å². The van der Waals surface area contributed by atoms with Gasteiger partial charge in [-0.25, -0.2) is 13.4 Å². The van der Waals surface area contributed by atoms with Gasteiger partial charge in [-0.05, 0) is 6.92 Å². The monoisotopic (exact) mass is 218 g/mol. The fraction of sp³-hybridized carbons (Fsp3) is 0.571. The number of imidazole rings is 1. The van der Waals surface area contributed by atoms with Crippen molar-refractivity contribution in [3.05, 3.63) is 12.0 Å². The molecule has 0 aliphatic heterocycles. The Morgan fingerprint density at radius 2 is 2.29 bits per heavy atom. The molecule has 1 heterocycles. The molecule has 0 aliphatic carbocycles. The number of hydrogen-bond acceptors (Lipinski definition) is 4. The summed E-state index contributed by atoms with van der Waals surface area (Å²) in [7, 11) is -1.96. The summed E-state index contributed by atoms with van der Waals surface area (Å²) in [5.41, 5.74) is 5.28. The molecule has 0 fully saturated rings. The zero-order valence-corrected chi connectivity index (χ0v) is 9.00. The van der Waals surface area contributed by atoms with Gasteiger partial charge in [0.1, 0.15) is 5.82 Å². The Labute approximate surface area is 83.2 Å². The quantitative estimate of drug-likeness (QED) is 0.698. The van der Waals surface area contributed by atoms with Crippen molar-refractivity contribution in [2.24, 2.45) is 5.73 Å². The van der Waals surface area contributed by atoms with Gasteiger partial charge in [-0.3, -0.25) is 0 Å². The molecule has 7 heteroatoms. The van der Waals surface area contributed by atoms with Crippen LogP contribution in [0.15, 0.2) is 11.2 Å². The van der Waals surface area contributed by atoms with E-state index >= 15 is 0 Å². The highest BCUT2D eigenvalue weighted by atomic mass is 32.2. The summed E-state index contributed by atoms with van der Waals surface area (Å²) >= 11 is 0. The van der Waals surface area contributed by atoms with E-state index in [9.17, 15) is 8.42 Å². The Morgan fingerprint density at radius 3 is 2.71 bits per heavy atom. The molecule has 3 N–H and O–H groups in total. The smallest absolute Gasteiger partial charge is 0.259 e. The zero-order valence-electron chi connectivity index (χ0n) is 8.19. The third-order valence-electron chi connectivity index (χ3n) is 1.81. The molecule has 6 nitrogen and oxygen atoms in total. The van der Waals surface area contributed by atoms with E-state index < -0.39 is 10.0 Å². The first-order chi connectivity index (χ1) is 6.48. The van der Waals surface area contributed by atoms with Crippen LogP contribution in [0.2, 0.25) is 0 Å². The summed E-state index contributed by atoms with van der Waals surface area (Å²) in [5.74, 6) is 0.574. The minimum absolute atomic E-state index is 0.103. The molecule has 80 valence electrons. The normalized spacial score (nSPS) is 12.3. The van der Waals surface area contributed by atoms with Gasteiger partial charge in [-0.15, -0.1) is 0 Å². The van der Waals surface area contributed by atoms with E-state index in [1.54, 1.807) is 6.92 Å². The first-order valence-electron chi connectivity index (χ1n) is 4.16. The molecule has 14 heavy (non-hydrogen) atoms. The lowest BCUT2D eigenvalue weighted by Gasteiger charge is -2.13. The van der Waals surface area contributed by atoms with Crippen molar-refractivity contribution in [3.63, 3.8) is 0 Å². The molecule has 0 aromatic carbocycles. The number of nitrogens with one attached hydrogen (secondary N) is 1. The molecule has 1 aromatic rings. The highest BCUT2D eigenvalue weighted by molar-refractivity contribution is 7.89. The van der Waals surface area contributed by atoms with E-state index in [1.165, 1.54) is 17.5 Å². The lowest BCUT2D eigenvalue weighted by atomic mass is 10.7. The predicted molar refractivity (Wildman–Crippen MR) is 52.2 cm³/mol. The lowest BCUT2D eigenvalue weighted by molar-refractivity contribution is 0.474. The predicted octanol–water partition coefficient (Wildman–Crippen LogP) is -0.703. The second-order valence-electron chi connectivity index (χ2n) is 2.95. The van der Waals surface area contributed by atoms with Gasteiger partial charge in [0, 0.05) is 20.1 Å². The minimum Gasteiger partial charge on any atom is -0.332 e. The van der Waals surface area contributed by atoms with E-state index in [-0.39, 0.29) is 5.03 Å². The molecule has 0 unspecified atom stereocenters. The lowest BCUT2D eigenvalue weighted by Crippen LogP contribution is -2.31. The van der Waals surface area contributed by atoms with Gasteiger partial charge in [0.05, 0.1) is 6.20 Å². The van der Waals surface area contributed by atoms with Gasteiger partial charge in [0.25, 0.3) is 10.0 Å². The fourth-order valence-electron chi connectivity index (χ4n) is 0.999. The number of rotatable bonds is 4. The van der Waals surface area contributed by atoms with Gasteiger partial charge >= 0.3 is 0 Å². The van der Waals surface area contributed by atoms with Crippen molar-refractivity contribution in [2.45, 2.75) is 11.9 Å². The van der Waals surface area contributed by atoms with Crippen LogP contribution in [0.3, 0.4) is 0 Å². The van der Waals surface area contributed by atoms with Crippen LogP contribution in [0.25, 0.3) is 0 Å². The molecule has 0 radical (unpaired) electrons. The standard InChI is InChI=1S/C7H14N4O2S/c1-6-9-5-7(10-6)14(12,13)11(2)4-3-8/h5H,3-4,8H2,1-2H3,(H,9,10). The Kier molecular flexibility index (Phi) is 3.25. The Morgan fingerprint density at radius 1 is 1.64 bits per heavy atom. The minimum atomic E-state index is -3.45. The highest BCUT2D eigenvalue weighted by Gasteiger charge is 2.21. The number of nitrogens with zero attached hydrogens (tertiary/aromatic N) is 2. The molecule has 0 aliphatic rings. The van der Waals surface area contributed by atoms with E-state index in [2.05, 4.69) is 9.97 Å². The second-order valence-corrected chi connectivity index (χ2v) is 4.96. The molecule has 0 bridgehead atoms. The van der Waals surface area contributed by atoms with Gasteiger partial charge in [0.15, 0.2) is 5.03 Å². The molecular weight excluding hydrogens is 204 g/mol. The fourth-order valence-corrected chi connectivity index (χ4v) is 2.14. The van der Waals surface area contributed by atoms with Gasteiger partial charge in [-0.2, -0.15) is 4.31 Å². The Hall–Kier alpha value is -0.920. The summed E-state index contributed by atoms with van der Waals surface area (Å²) in [6.45, 7) is 2.28. The first kappa shape index (κ1) is 11.2. The van der Waals surface area contributed by atoms with E-state index in [1.807, 2.05) is 0 Å². The maximum Gasteiger partial charge on any atom is 0.259 e. The van der Waals surface area contributed by atoms with E-state index in [0.717, 1.165) is 0 Å². The van der Waals surface area contributed by atoms with Gasteiger partial charge in [0.2, 0.25) is 0 Å². The van der Waals surface area contributed by atoms with Crippen LogP contribution in [0, 0.1) is 6.92 Å². The second kappa shape index (κ2) is 4.07. The number of nitrogens with two attached hydrogens (primary N) is 1. The van der Waals surface area contributed by atoms with E-state index in [4.69, 9.17) is 5.73 Å². The maximum atomic E-state index is 11.7. The molecule has 0 saturated carbocycles. The number of H-pyrrole nitrogens is 1. The zero-order chi connectivity index (χ0) is 10.8. The number of aromatic nitrogens is 2. The number of aromatic amines is 1. The SMILES string of the molecule is Cc1ncc(S(=O)(=O)N(C)CCN)[nH]1. The average Bonchev–Trinajstić information content (AvgIpc) is 2.52. The van der Waals surface area contributed by atoms with Crippen molar-refractivity contribution in [2.75, 3.05) is 20.1 Å². The summed E-state index contributed by atoms with van der Waals surface area (Å²) in [6.07, 6.45) is 1.30. The van der Waals surface area contributed by atoms with Gasteiger partial charge < -0.3 is 10.7 Å². The summed E-state index contributed by atoms with van der Waals surface area (Å²) in [5, 5.41) is 0.103. The van der Waals surface area contributed by atoms with Crippen molar-refractivity contribution in [3.8, 4) is 0 Å². The molecule has 1 rings (SSSR count). The first-order valence-corrected chi connectivity index (χ1v) is 5.60. The summed E-state index contributed by atoms with van der Waals surface area (Å²) in [6, 6.07) is 0. The number of likely N-dealkylation sites (N-methyl/N-ethyl adjacent to an activating group) is 1. The third kappa shape index (κ3) is 2.11. The maximum absolute atomic E-state index is 11.7. The summed E-state index contributed by atoms with van der Waals surface area (Å²) < 4.78 is 24.7. The van der Waals surface area contributed by atoms with Crippen LogP contribution < -0.4 is 5.73 Å². The summed E-state index contributed by atoms with van der Waals surface area (Å²) in [4.78, 5) is 6.51. The largest absolute Gasteiger partial charge is 0.332 e. The van der Waals surface area contributed by atoms with Gasteiger partial charge in [-0.1, -0.05) is 0 Å². The van der Waals surface area contributed by atoms with Crippen LogP contribution in [-0.2, 0) is 10.0 Å². The number of sulfonamides is 1. The molecule has 0 spiro atoms. The molecular formula is C7H14N4O2S. The highest BCUT2D eigenvalue weighted by Crippen LogP contribution is 2.10. The number of hydrogen-bond donors (Lipinski definition) is 2. The molecule has 0 saturated heterocycles. The van der Waals surface area contributed by atoms with Crippen molar-refractivity contribution in [1.29, 1.82) is 0 Å². The molecule has 0 amide bonds. The van der Waals surface area contributed by atoms with Crippen LogP contribution in [-0.4, -0.2) is 42.8 Å². The Balaban J connectivity index is 2.96. The third-order valence-corrected chi connectivity index (χ3v) is 3.58. The van der Waals surface area contributed by atoms with Crippen LogP contribution in [0.1, 0.15) is 5.82 Å². The van der Waals surface area contributed by atoms with Crippen LogP contribution in [0.4, 0.5) is 0 Å². The number of aryl methyl sites for hydroxylation is 1. The van der Waals surface area contributed by atoms with Crippen LogP contribution in [0.5, 0.6) is 0 Å². The van der Waals surface area contributed by atoms with Crippen molar-refractivity contribution in [1.82, 2.24) is 14.3 Å². The molecule has 1 aromatic heterocycles.